The number of nitrogens with one attached hydrogen (secondary N) is 1. The Morgan fingerprint density at radius 3 is 2.84 bits per heavy atom. The van der Waals surface area contributed by atoms with Gasteiger partial charge < -0.3 is 10.1 Å². The zero-order valence-corrected chi connectivity index (χ0v) is 10.7. The molecule has 1 aliphatic rings. The fraction of sp³-hybridized carbons (Fsp3) is 0.357. The van der Waals surface area contributed by atoms with Gasteiger partial charge in [0.05, 0.1) is 5.52 Å². The summed E-state index contributed by atoms with van der Waals surface area (Å²) in [5.41, 5.74) is 0.882. The SMILES string of the molecule is O=C(OCN1CCNCC1)n1ccc2ccccc21. The predicted molar refractivity (Wildman–Crippen MR) is 73.1 cm³/mol. The third kappa shape index (κ3) is 2.62. The molecular weight excluding hydrogens is 242 g/mol. The minimum atomic E-state index is -0.320. The van der Waals surface area contributed by atoms with Crippen LogP contribution in [0, 0.1) is 0 Å². The molecule has 2 aromatic rings. The van der Waals surface area contributed by atoms with Crippen molar-refractivity contribution >= 4 is 17.0 Å². The molecule has 0 aliphatic carbocycles. The van der Waals surface area contributed by atoms with Crippen molar-refractivity contribution < 1.29 is 9.53 Å². The number of benzene rings is 1. The minimum Gasteiger partial charge on any atom is -0.433 e. The van der Waals surface area contributed by atoms with Gasteiger partial charge >= 0.3 is 6.09 Å². The number of carbonyl (C=O) groups excluding carboxylic acids is 1. The van der Waals surface area contributed by atoms with E-state index in [-0.39, 0.29) is 6.09 Å². The molecule has 5 nitrogen and oxygen atoms in total. The molecule has 0 spiro atoms. The smallest absolute Gasteiger partial charge is 0.419 e. The van der Waals surface area contributed by atoms with Gasteiger partial charge in [0.15, 0.2) is 0 Å². The molecule has 1 saturated heterocycles. The summed E-state index contributed by atoms with van der Waals surface area (Å²) in [5, 5.41) is 4.31. The standard InChI is InChI=1S/C14H17N3O2/c18-14(19-11-16-9-6-15-7-10-16)17-8-5-12-3-1-2-4-13(12)17/h1-5,8,15H,6-7,9-11H2. The van der Waals surface area contributed by atoms with Crippen LogP contribution in [-0.2, 0) is 4.74 Å². The molecule has 0 bridgehead atoms. The van der Waals surface area contributed by atoms with E-state index in [1.165, 1.54) is 0 Å². The molecule has 1 aliphatic heterocycles. The van der Waals surface area contributed by atoms with E-state index < -0.39 is 0 Å². The normalized spacial score (nSPS) is 16.6. The second-order valence-electron chi connectivity index (χ2n) is 4.65. The Morgan fingerprint density at radius 1 is 1.21 bits per heavy atom. The van der Waals surface area contributed by atoms with Crippen molar-refractivity contribution in [2.24, 2.45) is 0 Å². The maximum atomic E-state index is 12.1. The highest BCUT2D eigenvalue weighted by molar-refractivity contribution is 5.89. The Kier molecular flexibility index (Phi) is 3.48. The number of carbonyl (C=O) groups is 1. The monoisotopic (exact) mass is 259 g/mol. The van der Waals surface area contributed by atoms with Gasteiger partial charge in [-0.3, -0.25) is 9.47 Å². The molecule has 100 valence electrons. The third-order valence-electron chi connectivity index (χ3n) is 3.38. The average molecular weight is 259 g/mol. The number of hydrogen-bond acceptors (Lipinski definition) is 4. The lowest BCUT2D eigenvalue weighted by Gasteiger charge is -2.26. The van der Waals surface area contributed by atoms with Crippen LogP contribution in [0.3, 0.4) is 0 Å². The van der Waals surface area contributed by atoms with Crippen LogP contribution in [0.4, 0.5) is 4.79 Å². The van der Waals surface area contributed by atoms with Crippen LogP contribution in [0.1, 0.15) is 0 Å². The number of rotatable bonds is 2. The van der Waals surface area contributed by atoms with Gasteiger partial charge in [-0.15, -0.1) is 0 Å². The first-order valence-electron chi connectivity index (χ1n) is 6.51. The molecule has 0 amide bonds. The highest BCUT2D eigenvalue weighted by atomic mass is 16.6. The summed E-state index contributed by atoms with van der Waals surface area (Å²) in [6, 6.07) is 9.69. The number of nitrogens with zero attached hydrogens (tertiary/aromatic N) is 2. The Morgan fingerprint density at radius 2 is 2.00 bits per heavy atom. The van der Waals surface area contributed by atoms with Gasteiger partial charge in [0.25, 0.3) is 0 Å². The molecule has 1 aromatic carbocycles. The van der Waals surface area contributed by atoms with Crippen molar-refractivity contribution in [3.8, 4) is 0 Å². The van der Waals surface area contributed by atoms with E-state index in [1.54, 1.807) is 10.8 Å². The van der Waals surface area contributed by atoms with Crippen molar-refractivity contribution in [2.45, 2.75) is 0 Å². The van der Waals surface area contributed by atoms with E-state index in [9.17, 15) is 4.79 Å². The molecule has 19 heavy (non-hydrogen) atoms. The first-order valence-corrected chi connectivity index (χ1v) is 6.51. The van der Waals surface area contributed by atoms with Crippen molar-refractivity contribution in [1.29, 1.82) is 0 Å². The van der Waals surface area contributed by atoms with Crippen LogP contribution in [0.2, 0.25) is 0 Å². The Labute approximate surface area is 111 Å². The van der Waals surface area contributed by atoms with E-state index in [0.29, 0.717) is 6.73 Å². The fourth-order valence-electron chi connectivity index (χ4n) is 2.30. The van der Waals surface area contributed by atoms with Gasteiger partial charge in [0, 0.05) is 37.8 Å². The zero-order chi connectivity index (χ0) is 13.1. The molecule has 2 heterocycles. The molecule has 1 fully saturated rings. The molecule has 0 radical (unpaired) electrons. The van der Waals surface area contributed by atoms with Crippen LogP contribution >= 0.6 is 0 Å². The number of fused-ring (bicyclic) bond motifs is 1. The molecular formula is C14H17N3O2. The van der Waals surface area contributed by atoms with Gasteiger partial charge in [-0.2, -0.15) is 0 Å². The van der Waals surface area contributed by atoms with Crippen molar-refractivity contribution in [3.63, 3.8) is 0 Å². The van der Waals surface area contributed by atoms with Crippen LogP contribution < -0.4 is 5.32 Å². The fourth-order valence-corrected chi connectivity index (χ4v) is 2.30. The van der Waals surface area contributed by atoms with Crippen LogP contribution in [0.15, 0.2) is 36.5 Å². The third-order valence-corrected chi connectivity index (χ3v) is 3.38. The lowest BCUT2D eigenvalue weighted by molar-refractivity contribution is 0.0632. The summed E-state index contributed by atoms with van der Waals surface area (Å²) in [5.74, 6) is 0. The topological polar surface area (TPSA) is 46.5 Å². The summed E-state index contributed by atoms with van der Waals surface area (Å²) < 4.78 is 6.91. The Bertz CT molecular complexity index is 573. The van der Waals surface area contributed by atoms with E-state index in [4.69, 9.17) is 4.74 Å². The molecule has 5 heteroatoms. The van der Waals surface area contributed by atoms with Crippen LogP contribution in [0.5, 0.6) is 0 Å². The summed E-state index contributed by atoms with van der Waals surface area (Å²) in [4.78, 5) is 14.2. The predicted octanol–water partition coefficient (Wildman–Crippen LogP) is 1.49. The second-order valence-corrected chi connectivity index (χ2v) is 4.65. The number of hydrogen-bond donors (Lipinski definition) is 1. The van der Waals surface area contributed by atoms with Crippen LogP contribution in [0.25, 0.3) is 10.9 Å². The zero-order valence-electron chi connectivity index (χ0n) is 10.7. The second kappa shape index (κ2) is 5.42. The summed E-state index contributed by atoms with van der Waals surface area (Å²) in [6.07, 6.45) is 1.44. The van der Waals surface area contributed by atoms with Gasteiger partial charge in [0.2, 0.25) is 0 Å². The molecule has 3 rings (SSSR count). The average Bonchev–Trinajstić information content (AvgIpc) is 2.90. The van der Waals surface area contributed by atoms with Crippen molar-refractivity contribution in [1.82, 2.24) is 14.8 Å². The maximum absolute atomic E-state index is 12.1. The lowest BCUT2D eigenvalue weighted by atomic mass is 10.2. The van der Waals surface area contributed by atoms with Gasteiger partial charge in [-0.25, -0.2) is 4.79 Å². The number of ether oxygens (including phenoxy) is 1. The number of aromatic nitrogens is 1. The first-order chi connectivity index (χ1) is 9.34. The molecule has 0 atom stereocenters. The number of piperazine rings is 1. The van der Waals surface area contributed by atoms with Crippen molar-refractivity contribution in [3.05, 3.63) is 36.5 Å². The van der Waals surface area contributed by atoms with Gasteiger partial charge in [-0.1, -0.05) is 18.2 Å². The van der Waals surface area contributed by atoms with E-state index in [0.717, 1.165) is 37.1 Å². The molecule has 0 unspecified atom stereocenters. The van der Waals surface area contributed by atoms with Crippen molar-refractivity contribution in [2.75, 3.05) is 32.9 Å². The highest BCUT2D eigenvalue weighted by Gasteiger charge is 2.13. The quantitative estimate of drug-likeness (QED) is 0.887. The Balaban J connectivity index is 1.66. The minimum absolute atomic E-state index is 0.320. The summed E-state index contributed by atoms with van der Waals surface area (Å²) in [7, 11) is 0. The number of para-hydroxylation sites is 1. The Hall–Kier alpha value is -1.85. The largest absolute Gasteiger partial charge is 0.433 e. The molecule has 1 aromatic heterocycles. The van der Waals surface area contributed by atoms with Gasteiger partial charge in [-0.05, 0) is 12.1 Å². The lowest BCUT2D eigenvalue weighted by Crippen LogP contribution is -2.44. The molecule has 1 N–H and O–H groups in total. The van der Waals surface area contributed by atoms with E-state index in [1.807, 2.05) is 30.3 Å². The highest BCUT2D eigenvalue weighted by Crippen LogP contribution is 2.15. The van der Waals surface area contributed by atoms with Gasteiger partial charge in [0.1, 0.15) is 6.73 Å². The summed E-state index contributed by atoms with van der Waals surface area (Å²) in [6.45, 7) is 4.08. The van der Waals surface area contributed by atoms with Crippen LogP contribution in [-0.4, -0.2) is 48.5 Å². The first kappa shape index (κ1) is 12.2. The van der Waals surface area contributed by atoms with E-state index >= 15 is 0 Å². The summed E-state index contributed by atoms with van der Waals surface area (Å²) >= 11 is 0. The van der Waals surface area contributed by atoms with E-state index in [2.05, 4.69) is 10.2 Å². The maximum Gasteiger partial charge on any atom is 0.419 e. The molecule has 0 saturated carbocycles.